The highest BCUT2D eigenvalue weighted by atomic mass is 35.5. The zero-order valence-electron chi connectivity index (χ0n) is 17.4. The lowest BCUT2D eigenvalue weighted by Crippen LogP contribution is -2.57. The van der Waals surface area contributed by atoms with Crippen molar-refractivity contribution in [2.45, 2.75) is 76.3 Å². The second kappa shape index (κ2) is 7.12. The van der Waals surface area contributed by atoms with Gasteiger partial charge in [-0.2, -0.15) is 0 Å². The maximum absolute atomic E-state index is 13.8. The Balaban J connectivity index is 0.00000181. The summed E-state index contributed by atoms with van der Waals surface area (Å²) in [6.07, 6.45) is 11.5. The Labute approximate surface area is 180 Å². The molecule has 5 saturated carbocycles. The number of carbonyl (C=O) groups excluding carboxylic acids is 2. The summed E-state index contributed by atoms with van der Waals surface area (Å²) in [6, 6.07) is 0.0618. The molecule has 0 aromatic rings. The zero-order valence-corrected chi connectivity index (χ0v) is 18.2. The average molecular weight is 422 g/mol. The maximum Gasteiger partial charge on any atom is 0.245 e. The third-order valence-corrected chi connectivity index (χ3v) is 9.51. The molecular weight excluding hydrogens is 386 g/mol. The van der Waals surface area contributed by atoms with E-state index >= 15 is 0 Å². The summed E-state index contributed by atoms with van der Waals surface area (Å²) >= 11 is 0. The van der Waals surface area contributed by atoms with Crippen LogP contribution in [0, 0.1) is 35.0 Å². The number of halogens is 1. The summed E-state index contributed by atoms with van der Waals surface area (Å²) in [5.41, 5.74) is 6.15. The van der Waals surface area contributed by atoms with Crippen molar-refractivity contribution >= 4 is 24.2 Å². The number of amides is 2. The number of hydrogen-bond donors (Lipinski definition) is 1. The van der Waals surface area contributed by atoms with Gasteiger partial charge in [-0.25, -0.2) is 0 Å². The Kier molecular flexibility index (Phi) is 4.94. The van der Waals surface area contributed by atoms with Gasteiger partial charge in [0.05, 0.1) is 5.41 Å². The Hall–Kier alpha value is -0.810. The van der Waals surface area contributed by atoms with Crippen LogP contribution in [0.5, 0.6) is 0 Å². The van der Waals surface area contributed by atoms with E-state index in [1.807, 2.05) is 4.90 Å². The van der Waals surface area contributed by atoms with Crippen LogP contribution in [-0.2, 0) is 9.59 Å². The molecule has 2 N–H and O–H groups in total. The van der Waals surface area contributed by atoms with Gasteiger partial charge in [-0.3, -0.25) is 9.59 Å². The first kappa shape index (κ1) is 20.1. The molecule has 7 rings (SSSR count). The predicted octanol–water partition coefficient (Wildman–Crippen LogP) is 2.81. The predicted molar refractivity (Wildman–Crippen MR) is 113 cm³/mol. The molecule has 0 aromatic heterocycles. The lowest BCUT2D eigenvalue weighted by Gasteiger charge is -2.56. The zero-order chi connectivity index (χ0) is 19.0. The van der Waals surface area contributed by atoms with E-state index in [1.165, 1.54) is 19.3 Å². The molecule has 5 nitrogen and oxygen atoms in total. The van der Waals surface area contributed by atoms with Gasteiger partial charge in [0.2, 0.25) is 11.8 Å². The highest BCUT2D eigenvalue weighted by molar-refractivity contribution is 5.91. The van der Waals surface area contributed by atoms with Crippen LogP contribution in [0.25, 0.3) is 0 Å². The Morgan fingerprint density at radius 2 is 1.55 bits per heavy atom. The molecule has 29 heavy (non-hydrogen) atoms. The molecule has 7 aliphatic rings. The normalized spacial score (nSPS) is 47.4. The van der Waals surface area contributed by atoms with Gasteiger partial charge in [0.15, 0.2) is 0 Å². The van der Waals surface area contributed by atoms with E-state index in [1.54, 1.807) is 0 Å². The number of hydrogen-bond acceptors (Lipinski definition) is 3. The third kappa shape index (κ3) is 3.05. The van der Waals surface area contributed by atoms with Crippen molar-refractivity contribution in [2.24, 2.45) is 40.7 Å². The van der Waals surface area contributed by atoms with Crippen molar-refractivity contribution in [1.29, 1.82) is 0 Å². The highest BCUT2D eigenvalue weighted by Crippen LogP contribution is 2.60. The molecule has 5 aliphatic carbocycles. The SMILES string of the molecule is Cl.NC1CCC2CN(C(=O)C3CCCN3C(=O)C34CC5CC(CC(C5)C3)C4)CC12. The lowest BCUT2D eigenvalue weighted by molar-refractivity contribution is -0.161. The fourth-order valence-electron chi connectivity index (χ4n) is 8.64. The van der Waals surface area contributed by atoms with Crippen LogP contribution >= 0.6 is 12.4 Å². The molecule has 0 radical (unpaired) electrons. The summed E-state index contributed by atoms with van der Waals surface area (Å²) in [5, 5.41) is 0. The second-order valence-electron chi connectivity index (χ2n) is 11.3. The molecule has 2 aliphatic heterocycles. The molecule has 4 atom stereocenters. The van der Waals surface area contributed by atoms with E-state index in [9.17, 15) is 9.59 Å². The molecule has 7 fully saturated rings. The second-order valence-corrected chi connectivity index (χ2v) is 11.3. The monoisotopic (exact) mass is 421 g/mol. The fraction of sp³-hybridized carbons (Fsp3) is 0.913. The first-order valence-corrected chi connectivity index (χ1v) is 11.9. The molecule has 4 bridgehead atoms. The molecule has 162 valence electrons. The smallest absolute Gasteiger partial charge is 0.245 e. The third-order valence-electron chi connectivity index (χ3n) is 9.51. The average Bonchev–Trinajstić information content (AvgIpc) is 3.37. The number of rotatable bonds is 2. The van der Waals surface area contributed by atoms with E-state index in [2.05, 4.69) is 4.90 Å². The van der Waals surface area contributed by atoms with Crippen LogP contribution in [0.1, 0.15) is 64.2 Å². The first-order valence-electron chi connectivity index (χ1n) is 11.9. The van der Waals surface area contributed by atoms with Gasteiger partial charge in [-0.15, -0.1) is 12.4 Å². The molecule has 4 unspecified atom stereocenters. The Bertz CT molecular complexity index is 662. The van der Waals surface area contributed by atoms with Crippen LogP contribution < -0.4 is 5.73 Å². The van der Waals surface area contributed by atoms with Crippen LogP contribution in [0.2, 0.25) is 0 Å². The van der Waals surface area contributed by atoms with E-state index < -0.39 is 0 Å². The minimum atomic E-state index is -0.199. The fourth-order valence-corrected chi connectivity index (χ4v) is 8.64. The summed E-state index contributed by atoms with van der Waals surface area (Å²) in [4.78, 5) is 31.3. The Morgan fingerprint density at radius 1 is 0.897 bits per heavy atom. The van der Waals surface area contributed by atoms with Gasteiger partial charge in [-0.05, 0) is 93.8 Å². The van der Waals surface area contributed by atoms with E-state index in [-0.39, 0.29) is 35.8 Å². The minimum Gasteiger partial charge on any atom is -0.340 e. The highest BCUT2D eigenvalue weighted by Gasteiger charge is 2.57. The van der Waals surface area contributed by atoms with Crippen molar-refractivity contribution in [1.82, 2.24) is 9.80 Å². The van der Waals surface area contributed by atoms with Crippen LogP contribution in [0.15, 0.2) is 0 Å². The van der Waals surface area contributed by atoms with Crippen molar-refractivity contribution in [3.8, 4) is 0 Å². The number of nitrogens with zero attached hydrogens (tertiary/aromatic N) is 2. The van der Waals surface area contributed by atoms with Gasteiger partial charge in [0, 0.05) is 25.7 Å². The van der Waals surface area contributed by atoms with Crippen LogP contribution in [0.3, 0.4) is 0 Å². The summed E-state index contributed by atoms with van der Waals surface area (Å²) in [6.45, 7) is 2.48. The molecule has 2 saturated heterocycles. The van der Waals surface area contributed by atoms with Gasteiger partial charge < -0.3 is 15.5 Å². The largest absolute Gasteiger partial charge is 0.340 e. The molecule has 6 heteroatoms. The van der Waals surface area contributed by atoms with Crippen molar-refractivity contribution in [2.75, 3.05) is 19.6 Å². The van der Waals surface area contributed by atoms with Gasteiger partial charge >= 0.3 is 0 Å². The lowest BCUT2D eigenvalue weighted by atomic mass is 9.49. The first-order chi connectivity index (χ1) is 13.5. The number of nitrogens with two attached hydrogens (primary N) is 1. The molecule has 0 spiro atoms. The summed E-state index contributed by atoms with van der Waals surface area (Å²) < 4.78 is 0. The van der Waals surface area contributed by atoms with Crippen molar-refractivity contribution in [3.63, 3.8) is 0 Å². The summed E-state index contributed by atoms with van der Waals surface area (Å²) in [5.74, 6) is 3.95. The van der Waals surface area contributed by atoms with Crippen molar-refractivity contribution in [3.05, 3.63) is 0 Å². The van der Waals surface area contributed by atoms with E-state index in [4.69, 9.17) is 5.73 Å². The van der Waals surface area contributed by atoms with Gasteiger partial charge in [0.25, 0.3) is 0 Å². The maximum atomic E-state index is 13.8. The topological polar surface area (TPSA) is 66.6 Å². The Morgan fingerprint density at radius 3 is 2.17 bits per heavy atom. The van der Waals surface area contributed by atoms with E-state index in [0.717, 1.165) is 82.3 Å². The summed E-state index contributed by atoms with van der Waals surface area (Å²) in [7, 11) is 0. The standard InChI is InChI=1S/C23H35N3O2.ClH/c24-19-4-3-17-12-25(13-18(17)19)21(27)20-2-1-5-26(20)22(28)23-9-14-6-15(10-23)8-16(7-14)11-23;/h14-20H,1-13,24H2;1H. The minimum absolute atomic E-state index is 0. The number of likely N-dealkylation sites (tertiary alicyclic amines) is 2. The molecule has 2 heterocycles. The molecule has 0 aromatic carbocycles. The number of fused-ring (bicyclic) bond motifs is 1. The van der Waals surface area contributed by atoms with Gasteiger partial charge in [-0.1, -0.05) is 0 Å². The van der Waals surface area contributed by atoms with Crippen LogP contribution in [-0.4, -0.2) is 53.3 Å². The van der Waals surface area contributed by atoms with Gasteiger partial charge in [0.1, 0.15) is 6.04 Å². The van der Waals surface area contributed by atoms with Crippen LogP contribution in [0.4, 0.5) is 0 Å². The van der Waals surface area contributed by atoms with Crippen molar-refractivity contribution < 1.29 is 9.59 Å². The molecular formula is C23H36ClN3O2. The quantitative estimate of drug-likeness (QED) is 0.745. The molecule has 2 amide bonds. The number of carbonyl (C=O) groups is 2. The van der Waals surface area contributed by atoms with E-state index in [0.29, 0.717) is 17.7 Å².